The summed E-state index contributed by atoms with van der Waals surface area (Å²) >= 11 is 0. The number of benzene rings is 1. The number of hydrogen-bond acceptors (Lipinski definition) is 4. The fourth-order valence-corrected chi connectivity index (χ4v) is 2.87. The average molecular weight is 367 g/mol. The molecule has 3 aromatic rings. The second-order valence-corrected chi connectivity index (χ2v) is 6.20. The van der Waals surface area contributed by atoms with Crippen LogP contribution in [0.2, 0.25) is 0 Å². The number of aliphatic imine (C=N–C) groups is 1. The Labute approximate surface area is 158 Å². The summed E-state index contributed by atoms with van der Waals surface area (Å²) in [4.78, 5) is 8.93. The van der Waals surface area contributed by atoms with Gasteiger partial charge in [-0.15, -0.1) is 0 Å². The number of fused-ring (bicyclic) bond motifs is 1. The van der Waals surface area contributed by atoms with Crippen molar-refractivity contribution >= 4 is 11.6 Å². The number of ether oxygens (including phenoxy) is 2. The van der Waals surface area contributed by atoms with Crippen LogP contribution in [0.15, 0.2) is 47.6 Å². The van der Waals surface area contributed by atoms with E-state index in [1.54, 1.807) is 14.2 Å². The van der Waals surface area contributed by atoms with Gasteiger partial charge in [-0.05, 0) is 43.2 Å². The minimum Gasteiger partial charge on any atom is -0.493 e. The predicted molar refractivity (Wildman–Crippen MR) is 107 cm³/mol. The molecule has 3 rings (SSSR count). The Kier molecular flexibility index (Phi) is 5.80. The molecule has 0 atom stereocenters. The third kappa shape index (κ3) is 4.49. The maximum atomic E-state index is 5.97. The Hall–Kier alpha value is -3.22. The van der Waals surface area contributed by atoms with Crippen LogP contribution in [0.3, 0.4) is 0 Å². The molecule has 0 saturated heterocycles. The molecule has 0 amide bonds. The van der Waals surface area contributed by atoms with E-state index in [2.05, 4.69) is 15.3 Å². The summed E-state index contributed by atoms with van der Waals surface area (Å²) in [5.74, 6) is 1.85. The summed E-state index contributed by atoms with van der Waals surface area (Å²) in [5, 5.41) is 3.13. The minimum absolute atomic E-state index is 0.407. The lowest BCUT2D eigenvalue weighted by Crippen LogP contribution is -2.33. The highest BCUT2D eigenvalue weighted by molar-refractivity contribution is 5.77. The molecule has 0 aliphatic heterocycles. The lowest BCUT2D eigenvalue weighted by Gasteiger charge is -2.10. The zero-order valence-corrected chi connectivity index (χ0v) is 15.9. The van der Waals surface area contributed by atoms with Gasteiger partial charge in [0.1, 0.15) is 5.65 Å². The fourth-order valence-electron chi connectivity index (χ4n) is 2.87. The second kappa shape index (κ2) is 8.44. The van der Waals surface area contributed by atoms with Crippen molar-refractivity contribution in [2.75, 3.05) is 20.8 Å². The van der Waals surface area contributed by atoms with Crippen LogP contribution < -0.4 is 20.5 Å². The molecule has 27 heavy (non-hydrogen) atoms. The Balaban J connectivity index is 1.54. The molecule has 2 aromatic heterocycles. The molecule has 0 spiro atoms. The van der Waals surface area contributed by atoms with E-state index in [9.17, 15) is 0 Å². The summed E-state index contributed by atoms with van der Waals surface area (Å²) in [6.45, 7) is 3.16. The molecule has 0 aliphatic rings. The molecule has 0 bridgehead atoms. The van der Waals surface area contributed by atoms with E-state index in [1.807, 2.05) is 53.9 Å². The van der Waals surface area contributed by atoms with Crippen molar-refractivity contribution in [1.29, 1.82) is 0 Å². The van der Waals surface area contributed by atoms with Crippen molar-refractivity contribution in [3.05, 3.63) is 59.5 Å². The number of guanidine groups is 1. The number of methoxy groups -OCH3 is 2. The summed E-state index contributed by atoms with van der Waals surface area (Å²) in [6.07, 6.45) is 2.79. The number of imidazole rings is 1. The zero-order chi connectivity index (χ0) is 19.2. The van der Waals surface area contributed by atoms with E-state index in [0.29, 0.717) is 19.0 Å². The molecule has 3 N–H and O–H groups in total. The molecular formula is C20H25N5O2. The summed E-state index contributed by atoms with van der Waals surface area (Å²) < 4.78 is 12.6. The number of nitrogens with two attached hydrogens (primary N) is 1. The van der Waals surface area contributed by atoms with Crippen LogP contribution in [-0.4, -0.2) is 36.1 Å². The SMILES string of the molecule is COc1ccc(CCNC(N)=NCc2cn3c(C)cccc3n2)cc1OC. The van der Waals surface area contributed by atoms with Gasteiger partial charge in [0.25, 0.3) is 0 Å². The van der Waals surface area contributed by atoms with Crippen molar-refractivity contribution in [2.45, 2.75) is 19.9 Å². The lowest BCUT2D eigenvalue weighted by atomic mass is 10.1. The van der Waals surface area contributed by atoms with E-state index < -0.39 is 0 Å². The minimum atomic E-state index is 0.407. The van der Waals surface area contributed by atoms with Gasteiger partial charge < -0.3 is 24.9 Å². The Morgan fingerprint density at radius 2 is 2.00 bits per heavy atom. The number of aromatic nitrogens is 2. The first-order chi connectivity index (χ1) is 13.1. The smallest absolute Gasteiger partial charge is 0.188 e. The molecule has 0 unspecified atom stereocenters. The highest BCUT2D eigenvalue weighted by atomic mass is 16.5. The zero-order valence-electron chi connectivity index (χ0n) is 15.9. The van der Waals surface area contributed by atoms with E-state index >= 15 is 0 Å². The largest absolute Gasteiger partial charge is 0.493 e. The van der Waals surface area contributed by atoms with Gasteiger partial charge in [0.15, 0.2) is 17.5 Å². The maximum absolute atomic E-state index is 5.97. The maximum Gasteiger partial charge on any atom is 0.188 e. The molecule has 142 valence electrons. The van der Waals surface area contributed by atoms with Crippen molar-refractivity contribution < 1.29 is 9.47 Å². The van der Waals surface area contributed by atoms with E-state index in [1.165, 1.54) is 0 Å². The number of nitrogens with zero attached hydrogens (tertiary/aromatic N) is 3. The summed E-state index contributed by atoms with van der Waals surface area (Å²) in [6, 6.07) is 11.9. The number of rotatable bonds is 7. The normalized spacial score (nSPS) is 11.6. The number of aryl methyl sites for hydroxylation is 1. The standard InChI is InChI=1S/C20H25N5O2/c1-14-5-4-6-19-24-16(13-25(14)19)12-23-20(21)22-10-9-15-7-8-17(26-2)18(11-15)27-3/h4-8,11,13H,9-10,12H2,1-3H3,(H3,21,22,23). The third-order valence-corrected chi connectivity index (χ3v) is 4.32. The van der Waals surface area contributed by atoms with Gasteiger partial charge in [-0.25, -0.2) is 9.98 Å². The Morgan fingerprint density at radius 1 is 1.19 bits per heavy atom. The van der Waals surface area contributed by atoms with Crippen LogP contribution >= 0.6 is 0 Å². The van der Waals surface area contributed by atoms with Crippen LogP contribution in [0.1, 0.15) is 17.0 Å². The highest BCUT2D eigenvalue weighted by Gasteiger charge is 2.05. The van der Waals surface area contributed by atoms with Gasteiger partial charge in [-0.2, -0.15) is 0 Å². The predicted octanol–water partition coefficient (Wildman–Crippen LogP) is 2.31. The summed E-state index contributed by atoms with van der Waals surface area (Å²) in [7, 11) is 3.26. The van der Waals surface area contributed by atoms with Gasteiger partial charge >= 0.3 is 0 Å². The summed E-state index contributed by atoms with van der Waals surface area (Å²) in [5.41, 5.74) is 10.0. The first-order valence-corrected chi connectivity index (χ1v) is 8.79. The molecule has 0 aliphatic carbocycles. The molecule has 2 heterocycles. The molecule has 0 saturated carbocycles. The molecule has 7 nitrogen and oxygen atoms in total. The first-order valence-electron chi connectivity index (χ1n) is 8.79. The van der Waals surface area contributed by atoms with Gasteiger partial charge in [0.2, 0.25) is 0 Å². The third-order valence-electron chi connectivity index (χ3n) is 4.32. The first kappa shape index (κ1) is 18.6. The Bertz CT molecular complexity index is 949. The molecule has 7 heteroatoms. The van der Waals surface area contributed by atoms with Gasteiger partial charge in [0.05, 0.1) is 26.5 Å². The van der Waals surface area contributed by atoms with Crippen molar-refractivity contribution in [3.63, 3.8) is 0 Å². The van der Waals surface area contributed by atoms with Crippen LogP contribution in [-0.2, 0) is 13.0 Å². The van der Waals surface area contributed by atoms with Crippen LogP contribution in [0.5, 0.6) is 11.5 Å². The molecule has 0 fully saturated rings. The van der Waals surface area contributed by atoms with Crippen molar-refractivity contribution in [3.8, 4) is 11.5 Å². The molecule has 0 radical (unpaired) electrons. The quantitative estimate of drug-likeness (QED) is 0.494. The monoisotopic (exact) mass is 367 g/mol. The highest BCUT2D eigenvalue weighted by Crippen LogP contribution is 2.27. The number of pyridine rings is 1. The van der Waals surface area contributed by atoms with E-state index in [-0.39, 0.29) is 0 Å². The van der Waals surface area contributed by atoms with Gasteiger partial charge in [-0.3, -0.25) is 0 Å². The van der Waals surface area contributed by atoms with Gasteiger partial charge in [0, 0.05) is 18.4 Å². The molecular weight excluding hydrogens is 342 g/mol. The van der Waals surface area contributed by atoms with E-state index in [4.69, 9.17) is 15.2 Å². The van der Waals surface area contributed by atoms with Gasteiger partial charge in [-0.1, -0.05) is 12.1 Å². The van der Waals surface area contributed by atoms with Crippen LogP contribution in [0.25, 0.3) is 5.65 Å². The van der Waals surface area contributed by atoms with Crippen LogP contribution in [0, 0.1) is 6.92 Å². The van der Waals surface area contributed by atoms with E-state index in [0.717, 1.165) is 40.5 Å². The fraction of sp³-hybridized carbons (Fsp3) is 0.300. The Morgan fingerprint density at radius 3 is 2.74 bits per heavy atom. The number of hydrogen-bond donors (Lipinski definition) is 2. The van der Waals surface area contributed by atoms with Crippen LogP contribution in [0.4, 0.5) is 0 Å². The topological polar surface area (TPSA) is 86.2 Å². The second-order valence-electron chi connectivity index (χ2n) is 6.20. The number of nitrogens with one attached hydrogen (secondary N) is 1. The molecule has 1 aromatic carbocycles. The van der Waals surface area contributed by atoms with Crippen molar-refractivity contribution in [1.82, 2.24) is 14.7 Å². The van der Waals surface area contributed by atoms with Crippen molar-refractivity contribution in [2.24, 2.45) is 10.7 Å². The lowest BCUT2D eigenvalue weighted by molar-refractivity contribution is 0.354. The average Bonchev–Trinajstić information content (AvgIpc) is 3.11.